The van der Waals surface area contributed by atoms with Gasteiger partial charge in [-0.05, 0) is 37.7 Å². The van der Waals surface area contributed by atoms with Gasteiger partial charge < -0.3 is 10.1 Å². The van der Waals surface area contributed by atoms with Crippen LogP contribution in [-0.2, 0) is 13.7 Å². The minimum atomic E-state index is -0.255. The highest BCUT2D eigenvalue weighted by Gasteiger charge is 2.12. The van der Waals surface area contributed by atoms with Crippen LogP contribution < -0.4 is 10.1 Å². The molecule has 0 spiro atoms. The fourth-order valence-corrected chi connectivity index (χ4v) is 2.10. The molecule has 0 radical (unpaired) electrons. The van der Waals surface area contributed by atoms with E-state index in [1.165, 1.54) is 12.1 Å². The van der Waals surface area contributed by atoms with E-state index in [-0.39, 0.29) is 11.9 Å². The van der Waals surface area contributed by atoms with Crippen LogP contribution in [0.25, 0.3) is 0 Å². The van der Waals surface area contributed by atoms with Gasteiger partial charge in [-0.1, -0.05) is 6.92 Å². The molecule has 1 aromatic carbocycles. The molecule has 1 aromatic heterocycles. The van der Waals surface area contributed by atoms with Gasteiger partial charge in [-0.3, -0.25) is 4.68 Å². The van der Waals surface area contributed by atoms with Gasteiger partial charge in [0.2, 0.25) is 0 Å². The molecule has 0 bridgehead atoms. The molecule has 1 heterocycles. The number of hydrogen-bond donors (Lipinski definition) is 1. The number of aromatic nitrogens is 2. The molecule has 4 nitrogen and oxygen atoms in total. The van der Waals surface area contributed by atoms with E-state index in [1.54, 1.807) is 10.7 Å². The molecule has 0 amide bonds. The summed E-state index contributed by atoms with van der Waals surface area (Å²) in [5.74, 6) is 0.431. The van der Waals surface area contributed by atoms with Crippen LogP contribution in [0, 0.1) is 5.82 Å². The normalized spacial score (nSPS) is 12.4. The molecule has 20 heavy (non-hydrogen) atoms. The van der Waals surface area contributed by atoms with E-state index in [0.717, 1.165) is 17.8 Å². The Bertz CT molecular complexity index is 568. The first-order chi connectivity index (χ1) is 9.60. The summed E-state index contributed by atoms with van der Waals surface area (Å²) in [6.45, 7) is 5.20. The second-order valence-electron chi connectivity index (χ2n) is 4.73. The van der Waals surface area contributed by atoms with Crippen LogP contribution >= 0.6 is 0 Å². The standard InChI is InChI=1S/C15H20FN3O/c1-4-17-11(2)14-9-12(16)5-6-15(14)20-10-13-7-8-19(3)18-13/h5-9,11,17H,4,10H2,1-3H3. The van der Waals surface area contributed by atoms with Crippen LogP contribution in [0.4, 0.5) is 4.39 Å². The Balaban J connectivity index is 2.13. The lowest BCUT2D eigenvalue weighted by molar-refractivity contribution is 0.293. The maximum absolute atomic E-state index is 13.4. The first kappa shape index (κ1) is 14.5. The Morgan fingerprint density at radius 3 is 2.85 bits per heavy atom. The van der Waals surface area contributed by atoms with Gasteiger partial charge in [0.25, 0.3) is 0 Å². The van der Waals surface area contributed by atoms with Gasteiger partial charge in [-0.2, -0.15) is 5.10 Å². The number of ether oxygens (including phenoxy) is 1. The highest BCUT2D eigenvalue weighted by Crippen LogP contribution is 2.26. The van der Waals surface area contributed by atoms with Crippen molar-refractivity contribution in [3.63, 3.8) is 0 Å². The summed E-state index contributed by atoms with van der Waals surface area (Å²) in [5, 5.41) is 7.52. The molecule has 0 aliphatic rings. The molecule has 0 aliphatic heterocycles. The monoisotopic (exact) mass is 277 g/mol. The van der Waals surface area contributed by atoms with Crippen molar-refractivity contribution in [2.24, 2.45) is 7.05 Å². The third-order valence-corrected chi connectivity index (χ3v) is 3.09. The molecule has 1 atom stereocenters. The number of rotatable bonds is 6. The van der Waals surface area contributed by atoms with Crippen molar-refractivity contribution < 1.29 is 9.13 Å². The lowest BCUT2D eigenvalue weighted by Gasteiger charge is -2.17. The zero-order chi connectivity index (χ0) is 14.5. The molecular formula is C15H20FN3O. The average Bonchev–Trinajstić information content (AvgIpc) is 2.83. The fourth-order valence-electron chi connectivity index (χ4n) is 2.10. The van der Waals surface area contributed by atoms with Crippen molar-refractivity contribution in [3.05, 3.63) is 47.5 Å². The summed E-state index contributed by atoms with van der Waals surface area (Å²) < 4.78 is 20.9. The first-order valence-electron chi connectivity index (χ1n) is 6.74. The fraction of sp³-hybridized carbons (Fsp3) is 0.400. The van der Waals surface area contributed by atoms with Crippen LogP contribution in [0.5, 0.6) is 5.75 Å². The van der Waals surface area contributed by atoms with E-state index in [1.807, 2.05) is 33.2 Å². The molecule has 2 aromatic rings. The first-order valence-corrected chi connectivity index (χ1v) is 6.74. The van der Waals surface area contributed by atoms with E-state index in [9.17, 15) is 4.39 Å². The topological polar surface area (TPSA) is 39.1 Å². The van der Waals surface area contributed by atoms with E-state index >= 15 is 0 Å². The Morgan fingerprint density at radius 1 is 1.40 bits per heavy atom. The molecular weight excluding hydrogens is 257 g/mol. The summed E-state index contributed by atoms with van der Waals surface area (Å²) in [6, 6.07) is 6.53. The third-order valence-electron chi connectivity index (χ3n) is 3.09. The van der Waals surface area contributed by atoms with Gasteiger partial charge in [0.05, 0.1) is 5.69 Å². The Morgan fingerprint density at radius 2 is 2.20 bits per heavy atom. The highest BCUT2D eigenvalue weighted by molar-refractivity contribution is 5.36. The van der Waals surface area contributed by atoms with Crippen molar-refractivity contribution in [2.75, 3.05) is 6.54 Å². The van der Waals surface area contributed by atoms with E-state index in [2.05, 4.69) is 10.4 Å². The summed E-state index contributed by atoms with van der Waals surface area (Å²) >= 11 is 0. The van der Waals surface area contributed by atoms with Crippen molar-refractivity contribution in [2.45, 2.75) is 26.5 Å². The lowest BCUT2D eigenvalue weighted by atomic mass is 10.1. The van der Waals surface area contributed by atoms with Crippen molar-refractivity contribution >= 4 is 0 Å². The van der Waals surface area contributed by atoms with Gasteiger partial charge >= 0.3 is 0 Å². The molecule has 108 valence electrons. The van der Waals surface area contributed by atoms with Crippen molar-refractivity contribution in [3.8, 4) is 5.75 Å². The van der Waals surface area contributed by atoms with Crippen LogP contribution in [0.15, 0.2) is 30.5 Å². The summed E-state index contributed by atoms with van der Waals surface area (Å²) in [6.07, 6.45) is 1.87. The Labute approximate surface area is 118 Å². The number of halogens is 1. The van der Waals surface area contributed by atoms with Gasteiger partial charge in [0.1, 0.15) is 18.2 Å². The SMILES string of the molecule is CCNC(C)c1cc(F)ccc1OCc1ccn(C)n1. The average molecular weight is 277 g/mol. The Kier molecular flexibility index (Phi) is 4.74. The largest absolute Gasteiger partial charge is 0.487 e. The van der Waals surface area contributed by atoms with Crippen LogP contribution in [-0.4, -0.2) is 16.3 Å². The van der Waals surface area contributed by atoms with E-state index < -0.39 is 0 Å². The smallest absolute Gasteiger partial charge is 0.132 e. The molecule has 0 fully saturated rings. The molecule has 0 aliphatic carbocycles. The Hall–Kier alpha value is -1.88. The third kappa shape index (κ3) is 3.57. The van der Waals surface area contributed by atoms with Crippen LogP contribution in [0.3, 0.4) is 0 Å². The van der Waals surface area contributed by atoms with E-state index in [0.29, 0.717) is 12.4 Å². The predicted molar refractivity (Wildman–Crippen MR) is 76.0 cm³/mol. The van der Waals surface area contributed by atoms with Gasteiger partial charge in [-0.25, -0.2) is 4.39 Å². The molecule has 1 N–H and O–H groups in total. The van der Waals surface area contributed by atoms with Crippen molar-refractivity contribution in [1.29, 1.82) is 0 Å². The number of nitrogens with zero attached hydrogens (tertiary/aromatic N) is 2. The van der Waals surface area contributed by atoms with Gasteiger partial charge in [0.15, 0.2) is 0 Å². The van der Waals surface area contributed by atoms with E-state index in [4.69, 9.17) is 4.74 Å². The zero-order valence-electron chi connectivity index (χ0n) is 12.1. The second kappa shape index (κ2) is 6.52. The molecule has 0 saturated heterocycles. The minimum absolute atomic E-state index is 0.0365. The summed E-state index contributed by atoms with van der Waals surface area (Å²) in [5.41, 5.74) is 1.67. The number of benzene rings is 1. The predicted octanol–water partition coefficient (Wildman–Crippen LogP) is 2.81. The number of nitrogens with one attached hydrogen (secondary N) is 1. The molecule has 1 unspecified atom stereocenters. The summed E-state index contributed by atoms with van der Waals surface area (Å²) in [4.78, 5) is 0. The molecule has 2 rings (SSSR count). The van der Waals surface area contributed by atoms with Gasteiger partial charge in [0, 0.05) is 24.8 Å². The van der Waals surface area contributed by atoms with Crippen LogP contribution in [0.1, 0.15) is 31.1 Å². The van der Waals surface area contributed by atoms with Gasteiger partial charge in [-0.15, -0.1) is 0 Å². The van der Waals surface area contributed by atoms with Crippen molar-refractivity contribution in [1.82, 2.24) is 15.1 Å². The second-order valence-corrected chi connectivity index (χ2v) is 4.73. The zero-order valence-corrected chi connectivity index (χ0v) is 12.1. The number of hydrogen-bond acceptors (Lipinski definition) is 3. The molecule has 0 saturated carbocycles. The highest BCUT2D eigenvalue weighted by atomic mass is 19.1. The minimum Gasteiger partial charge on any atom is -0.487 e. The number of aryl methyl sites for hydroxylation is 1. The quantitative estimate of drug-likeness (QED) is 0.882. The maximum Gasteiger partial charge on any atom is 0.132 e. The van der Waals surface area contributed by atoms with Crippen LogP contribution in [0.2, 0.25) is 0 Å². The lowest BCUT2D eigenvalue weighted by Crippen LogP contribution is -2.18. The molecule has 5 heteroatoms. The summed E-state index contributed by atoms with van der Waals surface area (Å²) in [7, 11) is 1.86. The maximum atomic E-state index is 13.4.